The van der Waals surface area contributed by atoms with E-state index in [1.54, 1.807) is 19.1 Å². The SMILES string of the molecule is CCOC(=O)C=C(C)C=Cc1ccc(Br)o1. The molecule has 0 saturated heterocycles. The quantitative estimate of drug-likeness (QED) is 0.482. The average Bonchev–Trinajstić information content (AvgIpc) is 2.61. The molecular formula is C12H13BrO3. The Labute approximate surface area is 103 Å². The van der Waals surface area contributed by atoms with Gasteiger partial charge in [0.15, 0.2) is 4.67 Å². The van der Waals surface area contributed by atoms with Crippen LogP contribution >= 0.6 is 15.9 Å². The second-order valence-corrected chi connectivity index (χ2v) is 3.90. The summed E-state index contributed by atoms with van der Waals surface area (Å²) in [7, 11) is 0. The van der Waals surface area contributed by atoms with Crippen LogP contribution in [0.4, 0.5) is 0 Å². The average molecular weight is 285 g/mol. The van der Waals surface area contributed by atoms with Crippen LogP contribution in [0.2, 0.25) is 0 Å². The topological polar surface area (TPSA) is 39.4 Å². The lowest BCUT2D eigenvalue weighted by atomic mass is 10.2. The van der Waals surface area contributed by atoms with Crippen LogP contribution in [0.25, 0.3) is 6.08 Å². The molecule has 0 fully saturated rings. The van der Waals surface area contributed by atoms with Gasteiger partial charge in [-0.1, -0.05) is 6.08 Å². The molecule has 0 bridgehead atoms. The zero-order chi connectivity index (χ0) is 12.0. The second-order valence-electron chi connectivity index (χ2n) is 3.12. The third-order valence-corrected chi connectivity index (χ3v) is 2.16. The van der Waals surface area contributed by atoms with Crippen LogP contribution in [0.3, 0.4) is 0 Å². The number of carbonyl (C=O) groups is 1. The molecule has 86 valence electrons. The third-order valence-electron chi connectivity index (χ3n) is 1.74. The van der Waals surface area contributed by atoms with Crippen LogP contribution in [0.1, 0.15) is 19.6 Å². The van der Waals surface area contributed by atoms with E-state index in [1.165, 1.54) is 6.08 Å². The number of esters is 1. The molecule has 0 aliphatic rings. The largest absolute Gasteiger partial charge is 0.463 e. The predicted octanol–water partition coefficient (Wildman–Crippen LogP) is 3.56. The zero-order valence-corrected chi connectivity index (χ0v) is 10.8. The van der Waals surface area contributed by atoms with Crippen molar-refractivity contribution in [3.63, 3.8) is 0 Å². The Balaban J connectivity index is 2.60. The minimum atomic E-state index is -0.328. The summed E-state index contributed by atoms with van der Waals surface area (Å²) in [5.41, 5.74) is 0.811. The Kier molecular flexibility index (Phi) is 5.05. The monoisotopic (exact) mass is 284 g/mol. The van der Waals surface area contributed by atoms with Crippen LogP contribution in [0.5, 0.6) is 0 Å². The summed E-state index contributed by atoms with van der Waals surface area (Å²) in [6.45, 7) is 3.99. The lowest BCUT2D eigenvalue weighted by Crippen LogP contribution is -1.99. The van der Waals surface area contributed by atoms with Crippen molar-refractivity contribution in [2.75, 3.05) is 6.61 Å². The van der Waals surface area contributed by atoms with Crippen molar-refractivity contribution in [1.29, 1.82) is 0 Å². The van der Waals surface area contributed by atoms with E-state index < -0.39 is 0 Å². The van der Waals surface area contributed by atoms with Gasteiger partial charge in [-0.3, -0.25) is 0 Å². The summed E-state index contributed by atoms with van der Waals surface area (Å²) in [5, 5.41) is 0. The van der Waals surface area contributed by atoms with Crippen LogP contribution < -0.4 is 0 Å². The van der Waals surface area contributed by atoms with Gasteiger partial charge in [-0.2, -0.15) is 0 Å². The van der Waals surface area contributed by atoms with Crippen LogP contribution in [-0.2, 0) is 9.53 Å². The lowest BCUT2D eigenvalue weighted by Gasteiger charge is -1.95. The molecule has 1 rings (SSSR count). The molecule has 0 saturated carbocycles. The first kappa shape index (κ1) is 12.8. The summed E-state index contributed by atoms with van der Waals surface area (Å²) < 4.78 is 10.7. The highest BCUT2D eigenvalue weighted by Crippen LogP contribution is 2.15. The zero-order valence-electron chi connectivity index (χ0n) is 9.20. The Morgan fingerprint density at radius 3 is 2.88 bits per heavy atom. The van der Waals surface area contributed by atoms with Crippen molar-refractivity contribution in [3.8, 4) is 0 Å². The molecule has 0 spiro atoms. The maximum Gasteiger partial charge on any atom is 0.330 e. The molecule has 4 heteroatoms. The van der Waals surface area contributed by atoms with Gasteiger partial charge in [0.05, 0.1) is 6.61 Å². The number of ether oxygens (including phenoxy) is 1. The Morgan fingerprint density at radius 2 is 2.31 bits per heavy atom. The van der Waals surface area contributed by atoms with Gasteiger partial charge in [-0.25, -0.2) is 4.79 Å². The van der Waals surface area contributed by atoms with Crippen molar-refractivity contribution >= 4 is 28.0 Å². The minimum Gasteiger partial charge on any atom is -0.463 e. The second kappa shape index (κ2) is 6.33. The summed E-state index contributed by atoms with van der Waals surface area (Å²) in [6, 6.07) is 3.64. The molecule has 0 aromatic carbocycles. The van der Waals surface area contributed by atoms with Gasteiger partial charge in [0.1, 0.15) is 5.76 Å². The van der Waals surface area contributed by atoms with E-state index in [0.29, 0.717) is 11.3 Å². The molecule has 3 nitrogen and oxygen atoms in total. The summed E-state index contributed by atoms with van der Waals surface area (Å²) in [5.74, 6) is 0.397. The van der Waals surface area contributed by atoms with Crippen molar-refractivity contribution in [2.45, 2.75) is 13.8 Å². The molecule has 0 N–H and O–H groups in total. The molecule has 16 heavy (non-hydrogen) atoms. The molecule has 0 radical (unpaired) electrons. The number of carbonyl (C=O) groups excluding carboxylic acids is 1. The van der Waals surface area contributed by atoms with E-state index in [1.807, 2.05) is 19.1 Å². The van der Waals surface area contributed by atoms with Crippen molar-refractivity contribution < 1.29 is 13.9 Å². The summed E-state index contributed by atoms with van der Waals surface area (Å²) in [6.07, 6.45) is 5.02. The van der Waals surface area contributed by atoms with E-state index >= 15 is 0 Å². The molecule has 0 aliphatic heterocycles. The highest BCUT2D eigenvalue weighted by molar-refractivity contribution is 9.10. The third kappa shape index (κ3) is 4.49. The van der Waals surface area contributed by atoms with E-state index in [-0.39, 0.29) is 5.97 Å². The first-order chi connectivity index (χ1) is 7.61. The molecule has 1 aromatic heterocycles. The predicted molar refractivity (Wildman–Crippen MR) is 65.8 cm³/mol. The molecule has 0 unspecified atom stereocenters. The number of furan rings is 1. The number of halogens is 1. The van der Waals surface area contributed by atoms with Crippen molar-refractivity contribution in [3.05, 3.63) is 40.3 Å². The first-order valence-electron chi connectivity index (χ1n) is 4.90. The fourth-order valence-electron chi connectivity index (χ4n) is 1.05. The highest BCUT2D eigenvalue weighted by atomic mass is 79.9. The lowest BCUT2D eigenvalue weighted by molar-refractivity contribution is -0.137. The molecular weight excluding hydrogens is 272 g/mol. The van der Waals surface area contributed by atoms with Gasteiger partial charge in [0.25, 0.3) is 0 Å². The van der Waals surface area contributed by atoms with Gasteiger partial charge in [-0.15, -0.1) is 0 Å². The van der Waals surface area contributed by atoms with Crippen LogP contribution in [-0.4, -0.2) is 12.6 Å². The smallest absolute Gasteiger partial charge is 0.330 e. The van der Waals surface area contributed by atoms with Gasteiger partial charge < -0.3 is 9.15 Å². The highest BCUT2D eigenvalue weighted by Gasteiger charge is 1.96. The van der Waals surface area contributed by atoms with Gasteiger partial charge in [0.2, 0.25) is 0 Å². The number of hydrogen-bond acceptors (Lipinski definition) is 3. The number of hydrogen-bond donors (Lipinski definition) is 0. The van der Waals surface area contributed by atoms with Crippen molar-refractivity contribution in [2.24, 2.45) is 0 Å². The van der Waals surface area contributed by atoms with Crippen LogP contribution in [0, 0.1) is 0 Å². The van der Waals surface area contributed by atoms with Crippen LogP contribution in [0.15, 0.2) is 38.9 Å². The molecule has 0 amide bonds. The minimum absolute atomic E-state index is 0.328. The summed E-state index contributed by atoms with van der Waals surface area (Å²) in [4.78, 5) is 11.1. The molecule has 0 atom stereocenters. The fraction of sp³-hybridized carbons (Fsp3) is 0.250. The summed E-state index contributed by atoms with van der Waals surface area (Å²) >= 11 is 3.21. The number of rotatable bonds is 4. The van der Waals surface area contributed by atoms with Gasteiger partial charge in [0, 0.05) is 6.08 Å². The van der Waals surface area contributed by atoms with Crippen molar-refractivity contribution in [1.82, 2.24) is 0 Å². The van der Waals surface area contributed by atoms with E-state index in [9.17, 15) is 4.79 Å². The maximum atomic E-state index is 11.1. The Hall–Kier alpha value is -1.29. The Morgan fingerprint density at radius 1 is 1.56 bits per heavy atom. The number of allylic oxidation sites excluding steroid dienone is 2. The van der Waals surface area contributed by atoms with E-state index in [0.717, 1.165) is 11.3 Å². The van der Waals surface area contributed by atoms with E-state index in [4.69, 9.17) is 9.15 Å². The van der Waals surface area contributed by atoms with E-state index in [2.05, 4.69) is 15.9 Å². The Bertz CT molecular complexity index is 416. The molecule has 1 aromatic rings. The molecule has 1 heterocycles. The standard InChI is InChI=1S/C12H13BrO3/c1-3-15-12(14)8-9(2)4-5-10-6-7-11(13)16-10/h4-8H,3H2,1-2H3. The first-order valence-corrected chi connectivity index (χ1v) is 5.69. The maximum absolute atomic E-state index is 11.1. The fourth-order valence-corrected chi connectivity index (χ4v) is 1.37. The molecule has 0 aliphatic carbocycles. The normalized spacial score (nSPS) is 12.1. The van der Waals surface area contributed by atoms with Gasteiger partial charge >= 0.3 is 5.97 Å². The van der Waals surface area contributed by atoms with Gasteiger partial charge in [-0.05, 0) is 53.6 Å².